The molecule has 2 heterocycles. The Morgan fingerprint density at radius 2 is 1.59 bits per heavy atom. The molecule has 4 aromatic rings. The smallest absolute Gasteiger partial charge is 0.0737 e. The van der Waals surface area contributed by atoms with Crippen molar-refractivity contribution in [3.05, 3.63) is 58.4 Å². The van der Waals surface area contributed by atoms with Crippen LogP contribution in [0, 0.1) is 13.8 Å². The molecule has 0 saturated heterocycles. The normalized spacial score (nSPS) is 15.2. The first-order chi connectivity index (χ1) is 15.0. The fraction of sp³-hybridized carbons (Fsp3) is 0.500. The minimum atomic E-state index is -0.0933. The van der Waals surface area contributed by atoms with Crippen LogP contribution in [-0.4, -0.2) is 19.6 Å². The van der Waals surface area contributed by atoms with E-state index in [0.717, 1.165) is 6.54 Å². The molecule has 2 aromatic carbocycles. The summed E-state index contributed by atoms with van der Waals surface area (Å²) < 4.78 is 4.32. The number of benzene rings is 2. The molecule has 0 radical (unpaired) electrons. The van der Waals surface area contributed by atoms with Crippen molar-refractivity contribution in [2.75, 3.05) is 0 Å². The number of hydrogen-bond donors (Lipinski definition) is 0. The zero-order chi connectivity index (χ0) is 23.0. The average molecular weight is 429 g/mol. The summed E-state index contributed by atoms with van der Waals surface area (Å²) in [6.07, 6.45) is 4.50. The summed E-state index contributed by atoms with van der Waals surface area (Å²) in [7, 11) is 2.05. The lowest BCUT2D eigenvalue weighted by Gasteiger charge is -2.29. The number of rotatable bonds is 4. The molecule has 4 nitrogen and oxygen atoms in total. The van der Waals surface area contributed by atoms with Crippen LogP contribution in [0.2, 0.25) is 0 Å². The van der Waals surface area contributed by atoms with E-state index in [1.54, 1.807) is 0 Å². The van der Waals surface area contributed by atoms with E-state index in [4.69, 9.17) is 5.10 Å². The Hall–Kier alpha value is -2.62. The Morgan fingerprint density at radius 1 is 0.938 bits per heavy atom. The molecule has 2 aromatic heterocycles. The van der Waals surface area contributed by atoms with Crippen LogP contribution < -0.4 is 0 Å². The SMILES string of the molecule is Cc1ccc2c(c(C3CC3)nn2CC(C)(C)c2c(C)ccc3cnn(C)c23)c1C(C)(C)C. The molecular formula is C28H36N4. The van der Waals surface area contributed by atoms with Gasteiger partial charge >= 0.3 is 0 Å². The van der Waals surface area contributed by atoms with Gasteiger partial charge in [-0.05, 0) is 60.4 Å². The van der Waals surface area contributed by atoms with Crippen LogP contribution in [-0.2, 0) is 24.4 Å². The summed E-state index contributed by atoms with van der Waals surface area (Å²) in [4.78, 5) is 0. The number of nitrogens with zero attached hydrogens (tertiary/aromatic N) is 4. The van der Waals surface area contributed by atoms with Crippen molar-refractivity contribution in [3.63, 3.8) is 0 Å². The summed E-state index contributed by atoms with van der Waals surface area (Å²) in [5.74, 6) is 0.618. The van der Waals surface area contributed by atoms with Crippen molar-refractivity contribution < 1.29 is 0 Å². The first-order valence-electron chi connectivity index (χ1n) is 11.9. The van der Waals surface area contributed by atoms with Crippen LogP contribution in [0.1, 0.15) is 81.3 Å². The standard InChI is InChI=1S/C28H36N4/c1-17-10-14-21-22(23(17)27(3,4)5)25(19-12-13-19)30-32(21)16-28(6,7)24-18(2)9-11-20-15-29-31(8)26(20)24/h9-11,14-15,19H,12-13,16H2,1-8H3. The first kappa shape index (κ1) is 21.2. The van der Waals surface area contributed by atoms with Crippen LogP contribution >= 0.6 is 0 Å². The quantitative estimate of drug-likeness (QED) is 0.363. The predicted molar refractivity (Wildman–Crippen MR) is 134 cm³/mol. The predicted octanol–water partition coefficient (Wildman–Crippen LogP) is 6.69. The van der Waals surface area contributed by atoms with Gasteiger partial charge in [0.25, 0.3) is 0 Å². The van der Waals surface area contributed by atoms with Gasteiger partial charge in [0.1, 0.15) is 0 Å². The highest BCUT2D eigenvalue weighted by molar-refractivity contribution is 5.89. The second-order valence-electron chi connectivity index (χ2n) is 11.6. The van der Waals surface area contributed by atoms with Crippen LogP contribution in [0.25, 0.3) is 21.8 Å². The first-order valence-corrected chi connectivity index (χ1v) is 11.9. The molecule has 0 amide bonds. The summed E-state index contributed by atoms with van der Waals surface area (Å²) in [5, 5.41) is 12.5. The molecule has 0 unspecified atom stereocenters. The molecule has 1 fully saturated rings. The zero-order valence-electron chi connectivity index (χ0n) is 20.9. The van der Waals surface area contributed by atoms with Crippen molar-refractivity contribution in [3.8, 4) is 0 Å². The van der Waals surface area contributed by atoms with Gasteiger partial charge in [-0.1, -0.05) is 52.8 Å². The third kappa shape index (κ3) is 3.27. The van der Waals surface area contributed by atoms with Gasteiger partial charge < -0.3 is 0 Å². The highest BCUT2D eigenvalue weighted by Crippen LogP contribution is 2.46. The lowest BCUT2D eigenvalue weighted by atomic mass is 9.80. The lowest BCUT2D eigenvalue weighted by molar-refractivity contribution is 0.414. The fourth-order valence-corrected chi connectivity index (χ4v) is 5.81. The number of aryl methyl sites for hydroxylation is 3. The molecule has 0 aliphatic heterocycles. The van der Waals surface area contributed by atoms with Crippen LogP contribution in [0.5, 0.6) is 0 Å². The lowest BCUT2D eigenvalue weighted by Crippen LogP contribution is -2.27. The van der Waals surface area contributed by atoms with Gasteiger partial charge in [-0.25, -0.2) is 0 Å². The van der Waals surface area contributed by atoms with E-state index in [1.165, 1.54) is 62.6 Å². The van der Waals surface area contributed by atoms with Gasteiger partial charge in [-0.3, -0.25) is 9.36 Å². The van der Waals surface area contributed by atoms with E-state index >= 15 is 0 Å². The van der Waals surface area contributed by atoms with E-state index in [-0.39, 0.29) is 10.8 Å². The highest BCUT2D eigenvalue weighted by Gasteiger charge is 2.34. The van der Waals surface area contributed by atoms with Crippen LogP contribution in [0.3, 0.4) is 0 Å². The topological polar surface area (TPSA) is 35.6 Å². The van der Waals surface area contributed by atoms with Crippen LogP contribution in [0.15, 0.2) is 30.5 Å². The molecular weight excluding hydrogens is 392 g/mol. The van der Waals surface area contributed by atoms with Gasteiger partial charge in [0.05, 0.1) is 29.5 Å². The fourth-order valence-electron chi connectivity index (χ4n) is 5.81. The molecule has 0 atom stereocenters. The monoisotopic (exact) mass is 428 g/mol. The molecule has 1 aliphatic carbocycles. The van der Waals surface area contributed by atoms with Crippen molar-refractivity contribution in [2.45, 2.75) is 84.6 Å². The summed E-state index contributed by atoms with van der Waals surface area (Å²) in [6, 6.07) is 9.01. The average Bonchev–Trinajstić information content (AvgIpc) is 3.39. The highest BCUT2D eigenvalue weighted by atomic mass is 15.3. The molecule has 168 valence electrons. The van der Waals surface area contributed by atoms with Crippen molar-refractivity contribution in [2.24, 2.45) is 7.05 Å². The molecule has 0 spiro atoms. The second kappa shape index (κ2) is 6.94. The molecule has 0 bridgehead atoms. The number of fused-ring (bicyclic) bond motifs is 2. The molecule has 32 heavy (non-hydrogen) atoms. The molecule has 5 rings (SSSR count). The molecule has 4 heteroatoms. The van der Waals surface area contributed by atoms with E-state index < -0.39 is 0 Å². The minimum absolute atomic E-state index is 0.0908. The Labute approximate surface area is 191 Å². The summed E-state index contributed by atoms with van der Waals surface area (Å²) >= 11 is 0. The third-order valence-corrected chi connectivity index (χ3v) is 7.20. The number of aromatic nitrogens is 4. The van der Waals surface area contributed by atoms with Gasteiger partial charge in [0.15, 0.2) is 0 Å². The largest absolute Gasteiger partial charge is 0.268 e. The van der Waals surface area contributed by atoms with E-state index in [1.807, 2.05) is 17.9 Å². The Balaban J connectivity index is 1.70. The Bertz CT molecular complexity index is 1340. The zero-order valence-corrected chi connectivity index (χ0v) is 20.9. The minimum Gasteiger partial charge on any atom is -0.268 e. The van der Waals surface area contributed by atoms with Crippen molar-refractivity contribution >= 4 is 21.8 Å². The summed E-state index contributed by atoms with van der Waals surface area (Å²) in [5.41, 5.74) is 9.36. The molecule has 0 N–H and O–H groups in total. The second-order valence-corrected chi connectivity index (χ2v) is 11.6. The van der Waals surface area contributed by atoms with Gasteiger partial charge in [0, 0.05) is 29.2 Å². The molecule has 1 aliphatic rings. The van der Waals surface area contributed by atoms with Gasteiger partial charge in [0.2, 0.25) is 0 Å². The maximum atomic E-state index is 5.29. The van der Waals surface area contributed by atoms with E-state index in [9.17, 15) is 0 Å². The molecule has 1 saturated carbocycles. The van der Waals surface area contributed by atoms with Gasteiger partial charge in [-0.2, -0.15) is 10.2 Å². The van der Waals surface area contributed by atoms with E-state index in [2.05, 4.69) is 82.5 Å². The maximum absolute atomic E-state index is 5.29. The van der Waals surface area contributed by atoms with Crippen LogP contribution in [0.4, 0.5) is 0 Å². The Morgan fingerprint density at radius 3 is 2.25 bits per heavy atom. The third-order valence-electron chi connectivity index (χ3n) is 7.20. The van der Waals surface area contributed by atoms with E-state index in [0.29, 0.717) is 5.92 Å². The van der Waals surface area contributed by atoms with Crippen molar-refractivity contribution in [1.82, 2.24) is 19.6 Å². The Kier molecular flexibility index (Phi) is 4.60. The maximum Gasteiger partial charge on any atom is 0.0737 e. The summed E-state index contributed by atoms with van der Waals surface area (Å²) in [6.45, 7) is 17.0. The number of hydrogen-bond acceptors (Lipinski definition) is 2. The van der Waals surface area contributed by atoms with Crippen molar-refractivity contribution in [1.29, 1.82) is 0 Å². The van der Waals surface area contributed by atoms with Gasteiger partial charge in [-0.15, -0.1) is 0 Å².